The second-order valence-electron chi connectivity index (χ2n) is 11.4. The van der Waals surface area contributed by atoms with Gasteiger partial charge in [-0.05, 0) is 91.8 Å². The van der Waals surface area contributed by atoms with Crippen LogP contribution in [0.3, 0.4) is 0 Å². The lowest BCUT2D eigenvalue weighted by Gasteiger charge is -2.14. The monoisotopic (exact) mass is 486 g/mol. The molecule has 0 N–H and O–H groups in total. The largest absolute Gasteiger partial charge is 0.299 e. The highest BCUT2D eigenvalue weighted by molar-refractivity contribution is 5.24. The van der Waals surface area contributed by atoms with Gasteiger partial charge in [-0.3, -0.25) is 9.88 Å². The summed E-state index contributed by atoms with van der Waals surface area (Å²) in [5.41, 5.74) is 7.05. The van der Waals surface area contributed by atoms with E-state index in [4.69, 9.17) is 0 Å². The minimum Gasteiger partial charge on any atom is -0.299 e. The number of hydrogen-bond donors (Lipinski definition) is 0. The average molecular weight is 487 g/mol. The summed E-state index contributed by atoms with van der Waals surface area (Å²) in [6.07, 6.45) is 8.83. The maximum atomic E-state index is 4.04. The zero-order chi connectivity index (χ0) is 26.3. The topological polar surface area (TPSA) is 16.1 Å². The van der Waals surface area contributed by atoms with Gasteiger partial charge in [0.15, 0.2) is 0 Å². The van der Waals surface area contributed by atoms with Gasteiger partial charge in [-0.15, -0.1) is 0 Å². The first-order valence-corrected chi connectivity index (χ1v) is 14.0. The van der Waals surface area contributed by atoms with Crippen LogP contribution in [0.25, 0.3) is 0 Å². The van der Waals surface area contributed by atoms with E-state index in [2.05, 4.69) is 113 Å². The van der Waals surface area contributed by atoms with Crippen molar-refractivity contribution in [1.82, 2.24) is 9.88 Å². The predicted molar refractivity (Wildman–Crippen MR) is 158 cm³/mol. The molecular formula is C34H50N2. The molecule has 0 bridgehead atoms. The highest BCUT2D eigenvalue weighted by Crippen LogP contribution is 2.15. The first-order valence-electron chi connectivity index (χ1n) is 14.0. The van der Waals surface area contributed by atoms with Crippen LogP contribution in [0.1, 0.15) is 88.1 Å². The second-order valence-corrected chi connectivity index (χ2v) is 11.4. The van der Waals surface area contributed by atoms with Crippen molar-refractivity contribution in [2.24, 2.45) is 11.8 Å². The third-order valence-corrected chi connectivity index (χ3v) is 6.35. The molecule has 1 aliphatic heterocycles. The predicted octanol–water partition coefficient (Wildman–Crippen LogP) is 8.88. The Morgan fingerprint density at radius 2 is 1.33 bits per heavy atom. The number of aromatic nitrogens is 1. The molecule has 36 heavy (non-hydrogen) atoms. The van der Waals surface area contributed by atoms with Crippen molar-refractivity contribution in [3.63, 3.8) is 0 Å². The minimum atomic E-state index is 0.653. The van der Waals surface area contributed by atoms with Crippen LogP contribution >= 0.6 is 0 Å². The van der Waals surface area contributed by atoms with Gasteiger partial charge in [0.1, 0.15) is 0 Å². The molecule has 0 aliphatic carbocycles. The summed E-state index contributed by atoms with van der Waals surface area (Å²) in [4.78, 5) is 6.59. The third-order valence-electron chi connectivity index (χ3n) is 6.35. The third kappa shape index (κ3) is 12.5. The fourth-order valence-corrected chi connectivity index (χ4v) is 4.47. The number of aryl methyl sites for hydroxylation is 1. The Bertz CT molecular complexity index is 952. The maximum Gasteiger partial charge on any atom is 0.0299 e. The molecule has 0 unspecified atom stereocenters. The van der Waals surface area contributed by atoms with Crippen molar-refractivity contribution in [3.8, 4) is 0 Å². The van der Waals surface area contributed by atoms with Gasteiger partial charge in [-0.2, -0.15) is 0 Å². The summed E-state index contributed by atoms with van der Waals surface area (Å²) in [6.45, 7) is 19.3. The van der Waals surface area contributed by atoms with Gasteiger partial charge in [0.25, 0.3) is 0 Å². The van der Waals surface area contributed by atoms with E-state index in [0.717, 1.165) is 24.8 Å². The molecule has 2 heterocycles. The molecule has 0 spiro atoms. The number of rotatable bonds is 7. The summed E-state index contributed by atoms with van der Waals surface area (Å²) in [6, 6.07) is 22.0. The van der Waals surface area contributed by atoms with Gasteiger partial charge >= 0.3 is 0 Å². The van der Waals surface area contributed by atoms with Crippen molar-refractivity contribution >= 4 is 0 Å². The summed E-state index contributed by atoms with van der Waals surface area (Å²) < 4.78 is 0. The smallest absolute Gasteiger partial charge is 0.0299 e. The van der Waals surface area contributed by atoms with Crippen molar-refractivity contribution < 1.29 is 0 Å². The molecule has 2 heteroatoms. The molecule has 1 fully saturated rings. The van der Waals surface area contributed by atoms with Crippen LogP contribution in [0.2, 0.25) is 0 Å². The fourth-order valence-electron chi connectivity index (χ4n) is 4.47. The van der Waals surface area contributed by atoms with Crippen LogP contribution in [-0.4, -0.2) is 23.0 Å². The first kappa shape index (κ1) is 29.8. The average Bonchev–Trinajstić information content (AvgIpc) is 3.34. The Kier molecular flexibility index (Phi) is 13.5. The lowest BCUT2D eigenvalue weighted by atomic mass is 10.0. The molecule has 2 aromatic carbocycles. The quantitative estimate of drug-likeness (QED) is 0.331. The zero-order valence-electron chi connectivity index (χ0n) is 24.0. The molecule has 1 aromatic heterocycles. The minimum absolute atomic E-state index is 0.653. The first-order chi connectivity index (χ1) is 17.2. The van der Waals surface area contributed by atoms with E-state index in [9.17, 15) is 0 Å². The zero-order valence-corrected chi connectivity index (χ0v) is 24.0. The number of likely N-dealkylation sites (tertiary alicyclic amines) is 1. The molecule has 0 saturated carbocycles. The molecule has 2 nitrogen and oxygen atoms in total. The van der Waals surface area contributed by atoms with Crippen LogP contribution in [0.5, 0.6) is 0 Å². The number of nitrogens with zero attached hydrogens (tertiary/aromatic N) is 2. The molecule has 1 saturated heterocycles. The summed E-state index contributed by atoms with van der Waals surface area (Å²) in [7, 11) is 0. The Balaban J connectivity index is 0.000000200. The Morgan fingerprint density at radius 3 is 1.83 bits per heavy atom. The van der Waals surface area contributed by atoms with Crippen LogP contribution in [0, 0.1) is 18.8 Å². The summed E-state index contributed by atoms with van der Waals surface area (Å²) in [5.74, 6) is 2.13. The van der Waals surface area contributed by atoms with Crippen molar-refractivity contribution in [3.05, 3.63) is 101 Å². The molecule has 3 aromatic rings. The van der Waals surface area contributed by atoms with E-state index in [0.29, 0.717) is 5.92 Å². The van der Waals surface area contributed by atoms with Gasteiger partial charge in [0, 0.05) is 18.9 Å². The van der Waals surface area contributed by atoms with E-state index < -0.39 is 0 Å². The standard InChI is InChI=1S/C15H23N.C10H14.C9H13N/c1-13(2)11-14-5-7-15(8-6-14)12-16-9-3-4-10-16;1-8(2)10-6-4-5-9(3)7-10;1-8(2)6-9-4-3-5-10-7-9/h5-8,13H,3-4,9-12H2,1-2H3;4-8H,1-3H3;3-5,7-8H,6H2,1-2H3. The molecular weight excluding hydrogens is 436 g/mol. The summed E-state index contributed by atoms with van der Waals surface area (Å²) >= 11 is 0. The molecule has 0 amide bonds. The second kappa shape index (κ2) is 16.3. The highest BCUT2D eigenvalue weighted by atomic mass is 15.1. The maximum absolute atomic E-state index is 4.04. The molecule has 1 aliphatic rings. The lowest BCUT2D eigenvalue weighted by molar-refractivity contribution is 0.331. The van der Waals surface area contributed by atoms with Crippen LogP contribution in [-0.2, 0) is 19.4 Å². The van der Waals surface area contributed by atoms with Crippen LogP contribution in [0.15, 0.2) is 73.1 Å². The number of hydrogen-bond acceptors (Lipinski definition) is 2. The van der Waals surface area contributed by atoms with Gasteiger partial charge in [-0.1, -0.05) is 102 Å². The molecule has 4 rings (SSSR count). The molecule has 196 valence electrons. The van der Waals surface area contributed by atoms with Crippen molar-refractivity contribution in [2.75, 3.05) is 13.1 Å². The fraction of sp³-hybridized carbons (Fsp3) is 0.500. The highest BCUT2D eigenvalue weighted by Gasteiger charge is 2.11. The molecule has 0 atom stereocenters. The van der Waals surface area contributed by atoms with E-state index in [-0.39, 0.29) is 0 Å². The Hall–Kier alpha value is -2.45. The van der Waals surface area contributed by atoms with E-state index in [1.54, 1.807) is 0 Å². The van der Waals surface area contributed by atoms with E-state index >= 15 is 0 Å². The van der Waals surface area contributed by atoms with Gasteiger partial charge in [-0.25, -0.2) is 0 Å². The van der Waals surface area contributed by atoms with Gasteiger partial charge < -0.3 is 0 Å². The number of benzene rings is 2. The Morgan fingerprint density at radius 1 is 0.722 bits per heavy atom. The Labute approximate surface area is 222 Å². The van der Waals surface area contributed by atoms with Crippen molar-refractivity contribution in [1.29, 1.82) is 0 Å². The van der Waals surface area contributed by atoms with E-state index in [1.165, 1.54) is 60.2 Å². The lowest BCUT2D eigenvalue weighted by Crippen LogP contribution is -2.18. The van der Waals surface area contributed by atoms with Crippen LogP contribution in [0.4, 0.5) is 0 Å². The number of pyridine rings is 1. The van der Waals surface area contributed by atoms with Gasteiger partial charge in [0.05, 0.1) is 0 Å². The van der Waals surface area contributed by atoms with Crippen molar-refractivity contribution in [2.45, 2.75) is 86.6 Å². The SMILES string of the molecule is CC(C)Cc1ccc(CN2CCCC2)cc1.CC(C)Cc1cccnc1.Cc1cccc(C(C)C)c1. The summed E-state index contributed by atoms with van der Waals surface area (Å²) in [5, 5.41) is 0. The van der Waals surface area contributed by atoms with Crippen LogP contribution < -0.4 is 0 Å². The normalized spacial score (nSPS) is 13.4. The van der Waals surface area contributed by atoms with E-state index in [1.807, 2.05) is 18.5 Å². The molecule has 0 radical (unpaired) electrons. The van der Waals surface area contributed by atoms with Gasteiger partial charge in [0.2, 0.25) is 0 Å².